The molecule has 0 spiro atoms. The van der Waals surface area contributed by atoms with E-state index in [-0.39, 0.29) is 5.69 Å². The van der Waals surface area contributed by atoms with Crippen molar-refractivity contribution in [2.45, 2.75) is 25.9 Å². The third-order valence-corrected chi connectivity index (χ3v) is 5.72. The first-order chi connectivity index (χ1) is 13.9. The van der Waals surface area contributed by atoms with E-state index >= 15 is 0 Å². The maximum Gasteiger partial charge on any atom is 0.151 e. The van der Waals surface area contributed by atoms with Gasteiger partial charge in [-0.2, -0.15) is 5.10 Å². The van der Waals surface area contributed by atoms with Crippen LogP contribution >= 0.6 is 0 Å². The molecule has 0 amide bonds. The fraction of sp³-hybridized carbons (Fsp3) is 0.348. The molecular formula is C23H26F2N4. The zero-order valence-electron chi connectivity index (χ0n) is 17.1. The molecule has 1 aromatic heterocycles. The van der Waals surface area contributed by atoms with E-state index in [0.717, 1.165) is 54.5 Å². The summed E-state index contributed by atoms with van der Waals surface area (Å²) in [6.07, 6.45) is 3.01. The Bertz CT molecular complexity index is 1010. The summed E-state index contributed by atoms with van der Waals surface area (Å²) >= 11 is 0. The monoisotopic (exact) mass is 396 g/mol. The molecule has 1 atom stereocenters. The molecule has 0 radical (unpaired) electrons. The number of rotatable bonds is 5. The van der Waals surface area contributed by atoms with E-state index in [1.807, 2.05) is 24.4 Å². The SMILES string of the molecule is Cc1ccccc1-c1nn(-c2ccc(F)cc2F)cc1CN1CC[C@H](N(C)C)C1. The van der Waals surface area contributed by atoms with Gasteiger partial charge in [-0.15, -0.1) is 0 Å². The number of aryl methyl sites for hydroxylation is 1. The van der Waals surface area contributed by atoms with E-state index in [0.29, 0.717) is 6.04 Å². The zero-order chi connectivity index (χ0) is 20.5. The molecule has 29 heavy (non-hydrogen) atoms. The molecule has 1 aliphatic heterocycles. The van der Waals surface area contributed by atoms with Gasteiger partial charge in [0.1, 0.15) is 11.5 Å². The van der Waals surface area contributed by atoms with E-state index < -0.39 is 11.6 Å². The van der Waals surface area contributed by atoms with E-state index in [4.69, 9.17) is 5.10 Å². The lowest BCUT2D eigenvalue weighted by molar-refractivity contribution is 0.265. The van der Waals surface area contributed by atoms with Crippen LogP contribution in [-0.4, -0.2) is 52.8 Å². The van der Waals surface area contributed by atoms with Crippen LogP contribution in [0.25, 0.3) is 16.9 Å². The Kier molecular flexibility index (Phi) is 5.48. The summed E-state index contributed by atoms with van der Waals surface area (Å²) in [6.45, 7) is 4.81. The van der Waals surface area contributed by atoms with E-state index in [1.165, 1.54) is 16.8 Å². The highest BCUT2D eigenvalue weighted by Gasteiger charge is 2.26. The fourth-order valence-corrected chi connectivity index (χ4v) is 4.00. The quantitative estimate of drug-likeness (QED) is 0.644. The molecule has 0 bridgehead atoms. The molecule has 152 valence electrons. The van der Waals surface area contributed by atoms with Crippen molar-refractivity contribution in [3.8, 4) is 16.9 Å². The fourth-order valence-electron chi connectivity index (χ4n) is 4.00. The third kappa shape index (κ3) is 4.09. The molecule has 3 aromatic rings. The lowest BCUT2D eigenvalue weighted by Crippen LogP contribution is -2.31. The van der Waals surface area contributed by atoms with Crippen LogP contribution in [0.2, 0.25) is 0 Å². The van der Waals surface area contributed by atoms with Crippen molar-refractivity contribution in [3.63, 3.8) is 0 Å². The maximum absolute atomic E-state index is 14.4. The van der Waals surface area contributed by atoms with Crippen LogP contribution in [0.5, 0.6) is 0 Å². The van der Waals surface area contributed by atoms with Gasteiger partial charge in [0, 0.05) is 49.1 Å². The molecule has 1 saturated heterocycles. The molecule has 0 N–H and O–H groups in total. The molecule has 4 rings (SSSR count). The maximum atomic E-state index is 14.4. The zero-order valence-corrected chi connectivity index (χ0v) is 17.1. The van der Waals surface area contributed by atoms with Crippen molar-refractivity contribution in [2.24, 2.45) is 0 Å². The largest absolute Gasteiger partial charge is 0.305 e. The molecular weight excluding hydrogens is 370 g/mol. The summed E-state index contributed by atoms with van der Waals surface area (Å²) in [7, 11) is 4.23. The molecule has 0 aliphatic carbocycles. The second-order valence-corrected chi connectivity index (χ2v) is 8.00. The number of benzene rings is 2. The second kappa shape index (κ2) is 8.05. The molecule has 2 heterocycles. The van der Waals surface area contributed by atoms with Gasteiger partial charge in [0.2, 0.25) is 0 Å². The van der Waals surface area contributed by atoms with Crippen molar-refractivity contribution in [3.05, 3.63) is 71.4 Å². The summed E-state index contributed by atoms with van der Waals surface area (Å²) in [5, 5.41) is 4.72. The van der Waals surface area contributed by atoms with E-state index in [9.17, 15) is 8.78 Å². The topological polar surface area (TPSA) is 24.3 Å². The number of likely N-dealkylation sites (N-methyl/N-ethyl adjacent to an activating group) is 1. The van der Waals surface area contributed by atoms with Crippen molar-refractivity contribution in [1.82, 2.24) is 19.6 Å². The second-order valence-electron chi connectivity index (χ2n) is 8.00. The molecule has 0 unspecified atom stereocenters. The van der Waals surface area contributed by atoms with Gasteiger partial charge in [-0.1, -0.05) is 24.3 Å². The lowest BCUT2D eigenvalue weighted by Gasteiger charge is -2.20. The highest BCUT2D eigenvalue weighted by atomic mass is 19.1. The molecule has 1 aliphatic rings. The Hall–Kier alpha value is -2.57. The van der Waals surface area contributed by atoms with Crippen LogP contribution in [0, 0.1) is 18.6 Å². The van der Waals surface area contributed by atoms with Crippen molar-refractivity contribution >= 4 is 0 Å². The minimum atomic E-state index is -0.621. The highest BCUT2D eigenvalue weighted by Crippen LogP contribution is 2.29. The lowest BCUT2D eigenvalue weighted by atomic mass is 10.0. The summed E-state index contributed by atoms with van der Waals surface area (Å²) in [4.78, 5) is 4.67. The predicted octanol–water partition coefficient (Wildman–Crippen LogP) is 4.26. The predicted molar refractivity (Wildman–Crippen MR) is 111 cm³/mol. The van der Waals surface area contributed by atoms with Gasteiger partial charge in [0.25, 0.3) is 0 Å². The number of nitrogens with zero attached hydrogens (tertiary/aromatic N) is 4. The van der Waals surface area contributed by atoms with Crippen LogP contribution in [0.3, 0.4) is 0 Å². The van der Waals surface area contributed by atoms with Gasteiger partial charge in [-0.25, -0.2) is 13.5 Å². The van der Waals surface area contributed by atoms with Gasteiger partial charge >= 0.3 is 0 Å². The Balaban J connectivity index is 1.73. The Labute approximate surface area is 170 Å². The van der Waals surface area contributed by atoms with Gasteiger partial charge in [0.05, 0.1) is 5.69 Å². The molecule has 1 fully saturated rings. The van der Waals surface area contributed by atoms with Gasteiger partial charge < -0.3 is 4.90 Å². The van der Waals surface area contributed by atoms with Gasteiger partial charge in [-0.05, 0) is 45.1 Å². The highest BCUT2D eigenvalue weighted by molar-refractivity contribution is 5.67. The minimum Gasteiger partial charge on any atom is -0.305 e. The average molecular weight is 396 g/mol. The van der Waals surface area contributed by atoms with Crippen LogP contribution in [0.4, 0.5) is 8.78 Å². The third-order valence-electron chi connectivity index (χ3n) is 5.72. The molecule has 6 heteroatoms. The van der Waals surface area contributed by atoms with Crippen molar-refractivity contribution < 1.29 is 8.78 Å². The van der Waals surface area contributed by atoms with E-state index in [1.54, 1.807) is 0 Å². The minimum absolute atomic E-state index is 0.250. The standard InChI is InChI=1S/C23H26F2N4/c1-16-6-4-5-7-20(16)23-17(13-28-11-10-19(15-28)27(2)3)14-29(26-23)22-9-8-18(24)12-21(22)25/h4-9,12,14,19H,10-11,13,15H2,1-3H3/t19-/m0/s1. The van der Waals surface area contributed by atoms with Crippen LogP contribution in [-0.2, 0) is 6.54 Å². The smallest absolute Gasteiger partial charge is 0.151 e. The Morgan fingerprint density at radius 3 is 2.62 bits per heavy atom. The number of hydrogen-bond acceptors (Lipinski definition) is 3. The number of likely N-dealkylation sites (tertiary alicyclic amines) is 1. The van der Waals surface area contributed by atoms with Crippen molar-refractivity contribution in [1.29, 1.82) is 0 Å². The van der Waals surface area contributed by atoms with E-state index in [2.05, 4.69) is 36.9 Å². The van der Waals surface area contributed by atoms with Crippen molar-refractivity contribution in [2.75, 3.05) is 27.2 Å². The first kappa shape index (κ1) is 19.7. The summed E-state index contributed by atoms with van der Waals surface area (Å²) < 4.78 is 29.3. The number of aromatic nitrogens is 2. The first-order valence-electron chi connectivity index (χ1n) is 9.91. The average Bonchev–Trinajstić information content (AvgIpc) is 3.30. The Morgan fingerprint density at radius 2 is 1.93 bits per heavy atom. The molecule has 4 nitrogen and oxygen atoms in total. The molecule has 0 saturated carbocycles. The normalized spacial score (nSPS) is 17.4. The van der Waals surface area contributed by atoms with Crippen LogP contribution in [0.1, 0.15) is 17.5 Å². The summed E-state index contributed by atoms with van der Waals surface area (Å²) in [5.41, 5.74) is 4.29. The van der Waals surface area contributed by atoms with Crippen LogP contribution in [0.15, 0.2) is 48.7 Å². The Morgan fingerprint density at radius 1 is 1.14 bits per heavy atom. The summed E-state index contributed by atoms with van der Waals surface area (Å²) in [5.74, 6) is -1.21. The first-order valence-corrected chi connectivity index (χ1v) is 9.91. The van der Waals surface area contributed by atoms with Crippen LogP contribution < -0.4 is 0 Å². The van der Waals surface area contributed by atoms with Gasteiger partial charge in [0.15, 0.2) is 5.82 Å². The number of hydrogen-bond donors (Lipinski definition) is 0. The summed E-state index contributed by atoms with van der Waals surface area (Å²) in [6, 6.07) is 12.2. The number of halogens is 2. The van der Waals surface area contributed by atoms with Gasteiger partial charge in [-0.3, -0.25) is 4.90 Å². The molecule has 2 aromatic carbocycles.